The quantitative estimate of drug-likeness (QED) is 0.353. The lowest BCUT2D eigenvalue weighted by molar-refractivity contribution is -0.132. The number of hydrogen-bond donors (Lipinski definition) is 0. The van der Waals surface area contributed by atoms with Crippen LogP contribution in [0.25, 0.3) is 21.6 Å². The number of benzene rings is 2. The third-order valence-electron chi connectivity index (χ3n) is 7.44. The molecule has 0 spiro atoms. The zero-order valence-electron chi connectivity index (χ0n) is 20.8. The molecule has 1 amide bonds. The summed E-state index contributed by atoms with van der Waals surface area (Å²) in [6.45, 7) is 1.98. The van der Waals surface area contributed by atoms with Crippen molar-refractivity contribution in [1.29, 1.82) is 0 Å². The van der Waals surface area contributed by atoms with Crippen LogP contribution in [0.1, 0.15) is 34.6 Å². The Kier molecular flexibility index (Phi) is 5.43. The molecule has 3 aliphatic rings. The minimum Gasteiger partial charge on any atom is -0.420 e. The molecule has 1 saturated heterocycles. The van der Waals surface area contributed by atoms with E-state index in [0.29, 0.717) is 17.7 Å². The number of rotatable bonds is 2. The Bertz CT molecular complexity index is 1730. The SMILES string of the molecule is CC(=O)Oc1c2n(ccc1=O)N(C1c3ccccc3-c3sccc3-c3c(F)cccc31)[C@@H]1COCCN1C2=O. The van der Waals surface area contributed by atoms with Crippen LogP contribution in [0.15, 0.2) is 71.0 Å². The van der Waals surface area contributed by atoms with E-state index in [-0.39, 0.29) is 30.4 Å². The minimum atomic E-state index is -0.707. The molecule has 1 fully saturated rings. The van der Waals surface area contributed by atoms with E-state index in [1.54, 1.807) is 27.0 Å². The van der Waals surface area contributed by atoms with Crippen molar-refractivity contribution < 1.29 is 23.5 Å². The molecule has 196 valence electrons. The Hall–Kier alpha value is -4.28. The van der Waals surface area contributed by atoms with Gasteiger partial charge in [-0.1, -0.05) is 36.4 Å². The lowest BCUT2D eigenvalue weighted by Crippen LogP contribution is -2.66. The second-order valence-corrected chi connectivity index (χ2v) is 10.5. The van der Waals surface area contributed by atoms with Gasteiger partial charge in [0.2, 0.25) is 11.2 Å². The first-order chi connectivity index (χ1) is 19.0. The Morgan fingerprint density at radius 3 is 2.72 bits per heavy atom. The first-order valence-corrected chi connectivity index (χ1v) is 13.4. The highest BCUT2D eigenvalue weighted by atomic mass is 32.1. The topological polar surface area (TPSA) is 81.1 Å². The van der Waals surface area contributed by atoms with Crippen molar-refractivity contribution in [2.24, 2.45) is 0 Å². The zero-order chi connectivity index (χ0) is 26.8. The molecule has 1 aliphatic carbocycles. The van der Waals surface area contributed by atoms with Crippen LogP contribution < -0.4 is 15.2 Å². The number of thiophene rings is 1. The summed E-state index contributed by atoms with van der Waals surface area (Å²) in [4.78, 5) is 41.2. The van der Waals surface area contributed by atoms with Crippen molar-refractivity contribution in [3.63, 3.8) is 0 Å². The maximum atomic E-state index is 15.7. The van der Waals surface area contributed by atoms with Gasteiger partial charge in [0, 0.05) is 41.7 Å². The van der Waals surface area contributed by atoms with Crippen molar-refractivity contribution in [2.75, 3.05) is 24.8 Å². The number of carbonyl (C=O) groups is 2. The Labute approximate surface area is 226 Å². The average molecular weight is 544 g/mol. The number of pyridine rings is 1. The number of aromatic nitrogens is 1. The number of esters is 1. The monoisotopic (exact) mass is 543 g/mol. The van der Waals surface area contributed by atoms with Gasteiger partial charge in [-0.15, -0.1) is 11.3 Å². The predicted octanol–water partition coefficient (Wildman–Crippen LogP) is 4.16. The number of nitrogens with zero attached hydrogens (tertiary/aromatic N) is 3. The Morgan fingerprint density at radius 1 is 1.05 bits per heavy atom. The molecule has 1 unspecified atom stereocenters. The van der Waals surface area contributed by atoms with Crippen LogP contribution in [0.5, 0.6) is 5.75 Å². The molecule has 2 aliphatic heterocycles. The summed E-state index contributed by atoms with van der Waals surface area (Å²) in [5, 5.41) is 3.90. The van der Waals surface area contributed by atoms with E-state index in [1.807, 2.05) is 46.8 Å². The zero-order valence-corrected chi connectivity index (χ0v) is 21.6. The average Bonchev–Trinajstić information content (AvgIpc) is 3.37. The van der Waals surface area contributed by atoms with Crippen LogP contribution in [0, 0.1) is 5.82 Å². The van der Waals surface area contributed by atoms with E-state index in [9.17, 15) is 14.4 Å². The number of morpholine rings is 1. The molecule has 8 nitrogen and oxygen atoms in total. The second-order valence-electron chi connectivity index (χ2n) is 9.59. The van der Waals surface area contributed by atoms with Crippen molar-refractivity contribution in [1.82, 2.24) is 9.58 Å². The highest BCUT2D eigenvalue weighted by Crippen LogP contribution is 2.50. The molecular weight excluding hydrogens is 521 g/mol. The number of hydrogen-bond acceptors (Lipinski definition) is 7. The molecule has 0 saturated carbocycles. The molecule has 4 aromatic rings. The molecule has 10 heteroatoms. The molecule has 0 bridgehead atoms. The molecule has 2 aromatic carbocycles. The van der Waals surface area contributed by atoms with E-state index < -0.39 is 29.5 Å². The fraction of sp³-hybridized carbons (Fsp3) is 0.207. The Balaban J connectivity index is 1.57. The summed E-state index contributed by atoms with van der Waals surface area (Å²) in [6, 6.07) is 15.6. The number of fused-ring (bicyclic) bond motifs is 7. The largest absolute Gasteiger partial charge is 0.420 e. The number of carbonyl (C=O) groups excluding carboxylic acids is 2. The van der Waals surface area contributed by atoms with Crippen LogP contribution in [0.3, 0.4) is 0 Å². The molecule has 4 heterocycles. The fourth-order valence-corrected chi connectivity index (χ4v) is 6.87. The maximum Gasteiger partial charge on any atom is 0.308 e. The van der Waals surface area contributed by atoms with Gasteiger partial charge in [-0.05, 0) is 34.2 Å². The summed E-state index contributed by atoms with van der Waals surface area (Å²) < 4.78 is 28.5. The van der Waals surface area contributed by atoms with Crippen molar-refractivity contribution in [2.45, 2.75) is 19.1 Å². The van der Waals surface area contributed by atoms with Gasteiger partial charge >= 0.3 is 5.97 Å². The van der Waals surface area contributed by atoms with E-state index in [2.05, 4.69) is 0 Å². The van der Waals surface area contributed by atoms with E-state index in [4.69, 9.17) is 9.47 Å². The normalized spacial score (nSPS) is 19.3. The van der Waals surface area contributed by atoms with E-state index in [1.165, 1.54) is 25.3 Å². The molecular formula is C29H22FN3O5S. The third-order valence-corrected chi connectivity index (χ3v) is 8.39. The maximum absolute atomic E-state index is 15.7. The summed E-state index contributed by atoms with van der Waals surface area (Å²) in [5.74, 6) is -1.82. The van der Waals surface area contributed by atoms with Gasteiger partial charge in [0.05, 0.1) is 19.3 Å². The van der Waals surface area contributed by atoms with E-state index in [0.717, 1.165) is 21.6 Å². The first kappa shape index (κ1) is 23.8. The molecule has 2 atom stereocenters. The second kappa shape index (κ2) is 8.89. The lowest BCUT2D eigenvalue weighted by atomic mass is 9.92. The smallest absolute Gasteiger partial charge is 0.308 e. The highest BCUT2D eigenvalue weighted by Gasteiger charge is 2.46. The standard InChI is InChI=1S/C29H22FN3O5S/c1-16(34)38-27-22(35)9-11-32-26(27)29(36)31-12-13-37-15-23(31)33(32)25-17-5-2-3-6-18(17)28-20(10-14-39-28)24-19(25)7-4-8-21(24)30/h2-11,14,23,25H,12-13,15H2,1H3/t23-,25?/m1/s1. The summed E-state index contributed by atoms with van der Waals surface area (Å²) >= 11 is 1.54. The van der Waals surface area contributed by atoms with E-state index >= 15 is 4.39 Å². The van der Waals surface area contributed by atoms with Crippen LogP contribution in [0.4, 0.5) is 4.39 Å². The Morgan fingerprint density at radius 2 is 1.87 bits per heavy atom. The van der Waals surface area contributed by atoms with Gasteiger partial charge in [-0.25, -0.2) is 4.39 Å². The number of halogens is 1. The van der Waals surface area contributed by atoms with Gasteiger partial charge in [-0.3, -0.25) is 24.1 Å². The summed E-state index contributed by atoms with van der Waals surface area (Å²) in [6.07, 6.45) is 0.938. The predicted molar refractivity (Wildman–Crippen MR) is 143 cm³/mol. The van der Waals surface area contributed by atoms with Crippen LogP contribution in [-0.2, 0) is 9.53 Å². The number of amides is 1. The molecule has 39 heavy (non-hydrogen) atoms. The molecule has 2 aromatic heterocycles. The van der Waals surface area contributed by atoms with Gasteiger partial charge in [0.1, 0.15) is 12.0 Å². The minimum absolute atomic E-state index is 0.0506. The third kappa shape index (κ3) is 3.48. The van der Waals surface area contributed by atoms with Crippen LogP contribution in [0.2, 0.25) is 0 Å². The van der Waals surface area contributed by atoms with Gasteiger partial charge in [0.25, 0.3) is 5.91 Å². The summed E-state index contributed by atoms with van der Waals surface area (Å²) in [5.41, 5.74) is 3.22. The highest BCUT2D eigenvalue weighted by molar-refractivity contribution is 7.14. The van der Waals surface area contributed by atoms with Gasteiger partial charge in [0.15, 0.2) is 5.69 Å². The number of ether oxygens (including phenoxy) is 2. The van der Waals surface area contributed by atoms with Crippen molar-refractivity contribution in [3.05, 3.63) is 99.0 Å². The molecule has 0 radical (unpaired) electrons. The van der Waals surface area contributed by atoms with Gasteiger partial charge in [-0.2, -0.15) is 0 Å². The first-order valence-electron chi connectivity index (χ1n) is 12.5. The molecule has 0 N–H and O–H groups in total. The summed E-state index contributed by atoms with van der Waals surface area (Å²) in [7, 11) is 0. The lowest BCUT2D eigenvalue weighted by Gasteiger charge is -2.51. The van der Waals surface area contributed by atoms with Crippen LogP contribution >= 0.6 is 11.3 Å². The van der Waals surface area contributed by atoms with Crippen LogP contribution in [-0.4, -0.2) is 47.4 Å². The van der Waals surface area contributed by atoms with Gasteiger partial charge < -0.3 is 14.4 Å². The van der Waals surface area contributed by atoms with Crippen molar-refractivity contribution in [3.8, 4) is 27.3 Å². The fourth-order valence-electron chi connectivity index (χ4n) is 5.92. The van der Waals surface area contributed by atoms with Crippen molar-refractivity contribution >= 4 is 23.2 Å². The molecule has 7 rings (SSSR count).